The molecule has 19 heavy (non-hydrogen) atoms. The van der Waals surface area contributed by atoms with E-state index in [9.17, 15) is 0 Å². The summed E-state index contributed by atoms with van der Waals surface area (Å²) in [6.45, 7) is 4.59. The summed E-state index contributed by atoms with van der Waals surface area (Å²) in [5, 5.41) is 13.1. The molecule has 0 saturated heterocycles. The maximum absolute atomic E-state index is 9.04. The highest BCUT2D eigenvalue weighted by Crippen LogP contribution is 2.19. The van der Waals surface area contributed by atoms with Crippen molar-refractivity contribution in [1.82, 2.24) is 10.1 Å². The zero-order chi connectivity index (χ0) is 13.5. The minimum Gasteiger partial charge on any atom is -0.395 e. The van der Waals surface area contributed by atoms with Crippen LogP contribution in [0.2, 0.25) is 0 Å². The van der Waals surface area contributed by atoms with E-state index in [1.54, 1.807) is 0 Å². The van der Waals surface area contributed by atoms with Gasteiger partial charge in [-0.2, -0.15) is 0 Å². The van der Waals surface area contributed by atoms with E-state index in [0.717, 1.165) is 30.0 Å². The number of benzene rings is 1. The summed E-state index contributed by atoms with van der Waals surface area (Å²) in [4.78, 5) is 2.16. The number of hydrogen-bond donors (Lipinski definition) is 1. The van der Waals surface area contributed by atoms with E-state index in [1.165, 1.54) is 0 Å². The first kappa shape index (κ1) is 13.8. The third-order valence-corrected chi connectivity index (χ3v) is 2.96. The van der Waals surface area contributed by atoms with Crippen LogP contribution in [0.25, 0.3) is 11.3 Å². The Kier molecular flexibility index (Phi) is 5.12. The van der Waals surface area contributed by atoms with E-state index >= 15 is 0 Å². The molecule has 0 saturated carbocycles. The van der Waals surface area contributed by atoms with Gasteiger partial charge in [0.15, 0.2) is 5.76 Å². The van der Waals surface area contributed by atoms with Gasteiger partial charge in [-0.15, -0.1) is 0 Å². The van der Waals surface area contributed by atoms with Gasteiger partial charge in [0.05, 0.1) is 13.2 Å². The van der Waals surface area contributed by atoms with Crippen molar-refractivity contribution in [2.45, 2.75) is 19.9 Å². The van der Waals surface area contributed by atoms with E-state index in [2.05, 4.69) is 17.0 Å². The van der Waals surface area contributed by atoms with Gasteiger partial charge in [0, 0.05) is 18.2 Å². The lowest BCUT2D eigenvalue weighted by Gasteiger charge is -2.18. The number of aliphatic hydroxyl groups is 1. The molecule has 0 aliphatic rings. The summed E-state index contributed by atoms with van der Waals surface area (Å²) in [5.74, 6) is 0.834. The molecule has 102 valence electrons. The van der Waals surface area contributed by atoms with E-state index in [1.807, 2.05) is 36.4 Å². The molecular formula is C15H20N2O2. The summed E-state index contributed by atoms with van der Waals surface area (Å²) >= 11 is 0. The molecule has 1 N–H and O–H groups in total. The molecule has 0 unspecified atom stereocenters. The minimum atomic E-state index is 0.166. The van der Waals surface area contributed by atoms with E-state index < -0.39 is 0 Å². The zero-order valence-corrected chi connectivity index (χ0v) is 11.2. The highest BCUT2D eigenvalue weighted by molar-refractivity contribution is 5.58. The zero-order valence-electron chi connectivity index (χ0n) is 11.2. The summed E-state index contributed by atoms with van der Waals surface area (Å²) in [6.07, 6.45) is 1.06. The summed E-state index contributed by atoms with van der Waals surface area (Å²) in [6, 6.07) is 11.9. The SMILES string of the molecule is CCCN(CCO)Cc1cc(-c2ccccc2)no1. The van der Waals surface area contributed by atoms with Crippen LogP contribution >= 0.6 is 0 Å². The summed E-state index contributed by atoms with van der Waals surface area (Å²) < 4.78 is 5.37. The van der Waals surface area contributed by atoms with Gasteiger partial charge in [0.1, 0.15) is 5.69 Å². The molecule has 4 heteroatoms. The number of aliphatic hydroxyl groups excluding tert-OH is 1. The average Bonchev–Trinajstić information content (AvgIpc) is 2.89. The Labute approximate surface area is 113 Å². The van der Waals surface area contributed by atoms with Crippen molar-refractivity contribution in [3.63, 3.8) is 0 Å². The fourth-order valence-electron chi connectivity index (χ4n) is 2.08. The normalized spacial score (nSPS) is 11.1. The Balaban J connectivity index is 2.04. The quantitative estimate of drug-likeness (QED) is 0.831. The molecule has 0 radical (unpaired) electrons. The van der Waals surface area contributed by atoms with Crippen LogP contribution in [0, 0.1) is 0 Å². The fraction of sp³-hybridized carbons (Fsp3) is 0.400. The topological polar surface area (TPSA) is 49.5 Å². The Hall–Kier alpha value is -1.65. The molecule has 0 fully saturated rings. The van der Waals surface area contributed by atoms with Crippen molar-refractivity contribution in [3.05, 3.63) is 42.2 Å². The van der Waals surface area contributed by atoms with Gasteiger partial charge < -0.3 is 9.63 Å². The Morgan fingerprint density at radius 3 is 2.68 bits per heavy atom. The van der Waals surface area contributed by atoms with Crippen molar-refractivity contribution >= 4 is 0 Å². The lowest BCUT2D eigenvalue weighted by molar-refractivity contribution is 0.176. The van der Waals surface area contributed by atoms with Crippen LogP contribution < -0.4 is 0 Å². The van der Waals surface area contributed by atoms with Crippen molar-refractivity contribution in [2.75, 3.05) is 19.7 Å². The summed E-state index contributed by atoms with van der Waals surface area (Å²) in [7, 11) is 0. The van der Waals surface area contributed by atoms with Crippen LogP contribution in [-0.4, -0.2) is 34.9 Å². The lowest BCUT2D eigenvalue weighted by Crippen LogP contribution is -2.27. The molecule has 0 spiro atoms. The van der Waals surface area contributed by atoms with Crippen LogP contribution in [-0.2, 0) is 6.54 Å². The smallest absolute Gasteiger partial charge is 0.151 e. The number of hydrogen-bond acceptors (Lipinski definition) is 4. The monoisotopic (exact) mass is 260 g/mol. The molecule has 1 aromatic carbocycles. The second-order valence-corrected chi connectivity index (χ2v) is 4.54. The van der Waals surface area contributed by atoms with Gasteiger partial charge in [0.25, 0.3) is 0 Å². The molecule has 0 bridgehead atoms. The lowest BCUT2D eigenvalue weighted by atomic mass is 10.1. The van der Waals surface area contributed by atoms with Crippen LogP contribution in [0.3, 0.4) is 0 Å². The highest BCUT2D eigenvalue weighted by Gasteiger charge is 2.10. The molecule has 2 rings (SSSR count). The Morgan fingerprint density at radius 2 is 2.00 bits per heavy atom. The van der Waals surface area contributed by atoms with E-state index in [4.69, 9.17) is 9.63 Å². The Bertz CT molecular complexity index is 476. The molecule has 2 aromatic rings. The van der Waals surface area contributed by atoms with Gasteiger partial charge in [-0.3, -0.25) is 4.90 Å². The van der Waals surface area contributed by atoms with Gasteiger partial charge in [-0.25, -0.2) is 0 Å². The molecule has 0 amide bonds. The standard InChI is InChI=1S/C15H20N2O2/c1-2-8-17(9-10-18)12-14-11-15(16-19-14)13-6-4-3-5-7-13/h3-7,11,18H,2,8-10,12H2,1H3. The molecule has 4 nitrogen and oxygen atoms in total. The van der Waals surface area contributed by atoms with Crippen LogP contribution in [0.15, 0.2) is 40.9 Å². The maximum Gasteiger partial charge on any atom is 0.151 e. The second kappa shape index (κ2) is 7.07. The average molecular weight is 260 g/mol. The van der Waals surface area contributed by atoms with Crippen LogP contribution in [0.4, 0.5) is 0 Å². The first-order valence-corrected chi connectivity index (χ1v) is 6.67. The van der Waals surface area contributed by atoms with Crippen molar-refractivity contribution in [1.29, 1.82) is 0 Å². The van der Waals surface area contributed by atoms with E-state index in [0.29, 0.717) is 13.1 Å². The van der Waals surface area contributed by atoms with Crippen molar-refractivity contribution in [3.8, 4) is 11.3 Å². The third kappa shape index (κ3) is 3.91. The Morgan fingerprint density at radius 1 is 1.21 bits per heavy atom. The molecule has 0 aliphatic carbocycles. The number of aromatic nitrogens is 1. The van der Waals surface area contributed by atoms with Gasteiger partial charge >= 0.3 is 0 Å². The number of rotatable bonds is 7. The van der Waals surface area contributed by atoms with E-state index in [-0.39, 0.29) is 6.61 Å². The predicted octanol–water partition coefficient (Wildman–Crippen LogP) is 2.55. The fourth-order valence-corrected chi connectivity index (χ4v) is 2.08. The molecular weight excluding hydrogens is 240 g/mol. The molecule has 1 heterocycles. The number of nitrogens with zero attached hydrogens (tertiary/aromatic N) is 2. The van der Waals surface area contributed by atoms with Crippen LogP contribution in [0.1, 0.15) is 19.1 Å². The second-order valence-electron chi connectivity index (χ2n) is 4.54. The maximum atomic E-state index is 9.04. The molecule has 0 aliphatic heterocycles. The third-order valence-electron chi connectivity index (χ3n) is 2.96. The van der Waals surface area contributed by atoms with Crippen molar-refractivity contribution < 1.29 is 9.63 Å². The first-order chi connectivity index (χ1) is 9.33. The minimum absolute atomic E-state index is 0.166. The predicted molar refractivity (Wildman–Crippen MR) is 74.6 cm³/mol. The largest absolute Gasteiger partial charge is 0.395 e. The van der Waals surface area contributed by atoms with Gasteiger partial charge in [0.2, 0.25) is 0 Å². The molecule has 0 atom stereocenters. The summed E-state index contributed by atoms with van der Waals surface area (Å²) in [5.41, 5.74) is 1.91. The van der Waals surface area contributed by atoms with Crippen molar-refractivity contribution in [2.24, 2.45) is 0 Å². The highest BCUT2D eigenvalue weighted by atomic mass is 16.5. The van der Waals surface area contributed by atoms with Gasteiger partial charge in [-0.05, 0) is 13.0 Å². The van der Waals surface area contributed by atoms with Gasteiger partial charge in [-0.1, -0.05) is 42.4 Å². The van der Waals surface area contributed by atoms with Crippen LogP contribution in [0.5, 0.6) is 0 Å². The first-order valence-electron chi connectivity index (χ1n) is 6.67. The molecule has 1 aromatic heterocycles.